The van der Waals surface area contributed by atoms with Gasteiger partial charge in [-0.25, -0.2) is 13.4 Å². The number of rotatable bonds is 5. The summed E-state index contributed by atoms with van der Waals surface area (Å²) >= 11 is 0. The highest BCUT2D eigenvalue weighted by Crippen LogP contribution is 2.61. The lowest BCUT2D eigenvalue weighted by atomic mass is 10.0. The quantitative estimate of drug-likeness (QED) is 0.853. The fraction of sp³-hybridized carbons (Fsp3) is 0.450. The van der Waals surface area contributed by atoms with Gasteiger partial charge in [-0.1, -0.05) is 24.3 Å². The maximum Gasteiger partial charge on any atom is 0.244 e. The molecule has 142 valence electrons. The first-order valence-electron chi connectivity index (χ1n) is 9.50. The van der Waals surface area contributed by atoms with Gasteiger partial charge < -0.3 is 10.1 Å². The first kappa shape index (κ1) is 17.2. The fourth-order valence-electron chi connectivity index (χ4n) is 4.56. The van der Waals surface area contributed by atoms with Crippen LogP contribution in [-0.4, -0.2) is 50.6 Å². The molecule has 1 aromatic carbocycles. The summed E-state index contributed by atoms with van der Waals surface area (Å²) in [4.78, 5) is 4.57. The average Bonchev–Trinajstić information content (AvgIpc) is 3.25. The van der Waals surface area contributed by atoms with E-state index in [2.05, 4.69) is 34.6 Å². The molecule has 27 heavy (non-hydrogen) atoms. The van der Waals surface area contributed by atoms with Crippen molar-refractivity contribution in [1.82, 2.24) is 9.29 Å². The van der Waals surface area contributed by atoms with E-state index in [1.807, 2.05) is 0 Å². The van der Waals surface area contributed by atoms with E-state index < -0.39 is 10.0 Å². The van der Waals surface area contributed by atoms with Gasteiger partial charge in [-0.15, -0.1) is 0 Å². The van der Waals surface area contributed by atoms with E-state index in [0.29, 0.717) is 38.1 Å². The SMILES string of the molecule is O=S(=O)(c1ccc(NCC2C3Cc4ccccc4C23)nc1)N1CCOCC1. The summed E-state index contributed by atoms with van der Waals surface area (Å²) in [6, 6.07) is 12.1. The van der Waals surface area contributed by atoms with Gasteiger partial charge in [0.05, 0.1) is 13.2 Å². The van der Waals surface area contributed by atoms with Crippen LogP contribution in [0.1, 0.15) is 17.0 Å². The van der Waals surface area contributed by atoms with Crippen molar-refractivity contribution >= 4 is 15.8 Å². The summed E-state index contributed by atoms with van der Waals surface area (Å²) in [5, 5.41) is 3.38. The van der Waals surface area contributed by atoms with Crippen LogP contribution in [-0.2, 0) is 21.2 Å². The molecule has 1 aromatic heterocycles. The highest BCUT2D eigenvalue weighted by Gasteiger charge is 2.54. The van der Waals surface area contributed by atoms with Crippen molar-refractivity contribution in [3.63, 3.8) is 0 Å². The van der Waals surface area contributed by atoms with Crippen LogP contribution < -0.4 is 5.32 Å². The number of hydrogen-bond donors (Lipinski definition) is 1. The largest absolute Gasteiger partial charge is 0.379 e. The summed E-state index contributed by atoms with van der Waals surface area (Å²) in [6.45, 7) is 2.56. The van der Waals surface area contributed by atoms with E-state index in [1.54, 1.807) is 12.1 Å². The average molecular weight is 385 g/mol. The monoisotopic (exact) mass is 385 g/mol. The van der Waals surface area contributed by atoms with Crippen LogP contribution >= 0.6 is 0 Å². The highest BCUT2D eigenvalue weighted by atomic mass is 32.2. The summed E-state index contributed by atoms with van der Waals surface area (Å²) < 4.78 is 32.0. The maximum absolute atomic E-state index is 12.6. The zero-order valence-electron chi connectivity index (χ0n) is 15.0. The number of fused-ring (bicyclic) bond motifs is 3. The second-order valence-corrected chi connectivity index (χ2v) is 9.47. The van der Waals surface area contributed by atoms with E-state index in [-0.39, 0.29) is 4.90 Å². The Morgan fingerprint density at radius 1 is 1.15 bits per heavy atom. The summed E-state index contributed by atoms with van der Waals surface area (Å²) in [5.74, 6) is 2.80. The molecule has 1 saturated carbocycles. The van der Waals surface area contributed by atoms with Gasteiger partial charge in [0.2, 0.25) is 10.0 Å². The minimum atomic E-state index is -3.48. The zero-order chi connectivity index (χ0) is 18.4. The Morgan fingerprint density at radius 2 is 1.96 bits per heavy atom. The van der Waals surface area contributed by atoms with Gasteiger partial charge in [-0.3, -0.25) is 0 Å². The van der Waals surface area contributed by atoms with Gasteiger partial charge in [0.15, 0.2) is 0 Å². The summed E-state index contributed by atoms with van der Waals surface area (Å²) in [7, 11) is -3.48. The third-order valence-corrected chi connectivity index (χ3v) is 7.95. The lowest BCUT2D eigenvalue weighted by Crippen LogP contribution is -2.40. The number of nitrogens with zero attached hydrogens (tertiary/aromatic N) is 2. The second kappa shape index (κ2) is 6.58. The third kappa shape index (κ3) is 3.03. The smallest absolute Gasteiger partial charge is 0.244 e. The number of hydrogen-bond acceptors (Lipinski definition) is 5. The van der Waals surface area contributed by atoms with E-state index in [4.69, 9.17) is 4.74 Å². The van der Waals surface area contributed by atoms with Crippen molar-refractivity contribution in [2.75, 3.05) is 38.2 Å². The Bertz CT molecular complexity index is 939. The fourth-order valence-corrected chi connectivity index (χ4v) is 5.91. The number of aromatic nitrogens is 1. The van der Waals surface area contributed by atoms with Crippen molar-refractivity contribution in [3.8, 4) is 0 Å². The van der Waals surface area contributed by atoms with Crippen LogP contribution in [0.15, 0.2) is 47.5 Å². The number of anilines is 1. The highest BCUT2D eigenvalue weighted by molar-refractivity contribution is 7.89. The standard InChI is InChI=1S/C20H23N3O3S/c24-27(25,23-7-9-26-10-8-23)15-5-6-19(21-12-15)22-13-18-17-11-14-3-1-2-4-16(14)20(17)18/h1-6,12,17-18,20H,7-11,13H2,(H,21,22). The molecule has 0 radical (unpaired) electrons. The van der Waals surface area contributed by atoms with Crippen molar-refractivity contribution < 1.29 is 13.2 Å². The van der Waals surface area contributed by atoms with Gasteiger partial charge in [0.25, 0.3) is 0 Å². The molecule has 0 amide bonds. The first-order valence-corrected chi connectivity index (χ1v) is 10.9. The predicted molar refractivity (Wildman–Crippen MR) is 102 cm³/mol. The van der Waals surface area contributed by atoms with E-state index >= 15 is 0 Å². The first-order chi connectivity index (χ1) is 13.1. The molecule has 3 unspecified atom stereocenters. The van der Waals surface area contributed by atoms with Gasteiger partial charge in [-0.2, -0.15) is 4.31 Å². The maximum atomic E-state index is 12.6. The second-order valence-electron chi connectivity index (χ2n) is 7.53. The Balaban J connectivity index is 1.21. The molecule has 3 aliphatic rings. The molecule has 2 heterocycles. The van der Waals surface area contributed by atoms with Gasteiger partial charge >= 0.3 is 0 Å². The van der Waals surface area contributed by atoms with E-state index in [1.165, 1.54) is 28.0 Å². The molecule has 1 saturated heterocycles. The molecule has 0 spiro atoms. The minimum absolute atomic E-state index is 0.243. The molecule has 6 nitrogen and oxygen atoms in total. The number of morpholine rings is 1. The van der Waals surface area contributed by atoms with E-state index in [0.717, 1.165) is 18.3 Å². The van der Waals surface area contributed by atoms with Gasteiger partial charge in [0.1, 0.15) is 10.7 Å². The molecular weight excluding hydrogens is 362 g/mol. The number of nitrogens with one attached hydrogen (secondary N) is 1. The van der Waals surface area contributed by atoms with Crippen LogP contribution in [0, 0.1) is 11.8 Å². The van der Waals surface area contributed by atoms with Gasteiger partial charge in [-0.05, 0) is 47.4 Å². The topological polar surface area (TPSA) is 71.5 Å². The molecule has 1 aliphatic heterocycles. The molecule has 1 N–H and O–H groups in total. The Morgan fingerprint density at radius 3 is 2.74 bits per heavy atom. The van der Waals surface area contributed by atoms with Crippen molar-refractivity contribution in [1.29, 1.82) is 0 Å². The number of sulfonamides is 1. The molecule has 5 rings (SSSR count). The minimum Gasteiger partial charge on any atom is -0.379 e. The predicted octanol–water partition coefficient (Wildman–Crippen LogP) is 2.10. The van der Waals surface area contributed by atoms with Crippen LogP contribution in [0.5, 0.6) is 0 Å². The lowest BCUT2D eigenvalue weighted by Gasteiger charge is -2.25. The number of pyridine rings is 1. The molecule has 2 fully saturated rings. The molecule has 3 atom stereocenters. The third-order valence-electron chi connectivity index (χ3n) is 6.06. The van der Waals surface area contributed by atoms with E-state index in [9.17, 15) is 8.42 Å². The normalized spacial score (nSPS) is 27.0. The molecule has 2 aliphatic carbocycles. The number of ether oxygens (including phenoxy) is 1. The molecule has 7 heteroatoms. The molecule has 0 bridgehead atoms. The summed E-state index contributed by atoms with van der Waals surface area (Å²) in [5.41, 5.74) is 3.01. The molecule has 2 aromatic rings. The van der Waals surface area contributed by atoms with Crippen molar-refractivity contribution in [2.45, 2.75) is 17.2 Å². The van der Waals surface area contributed by atoms with Crippen LogP contribution in [0.2, 0.25) is 0 Å². The van der Waals surface area contributed by atoms with Crippen LogP contribution in [0.25, 0.3) is 0 Å². The van der Waals surface area contributed by atoms with Crippen LogP contribution in [0.4, 0.5) is 5.82 Å². The van der Waals surface area contributed by atoms with Crippen LogP contribution in [0.3, 0.4) is 0 Å². The Labute approximate surface area is 159 Å². The summed E-state index contributed by atoms with van der Waals surface area (Å²) in [6.07, 6.45) is 2.63. The number of benzene rings is 1. The molecular formula is C20H23N3O3S. The lowest BCUT2D eigenvalue weighted by molar-refractivity contribution is 0.0730. The Kier molecular flexibility index (Phi) is 4.18. The van der Waals surface area contributed by atoms with Gasteiger partial charge in [0, 0.05) is 25.8 Å². The van der Waals surface area contributed by atoms with Crippen molar-refractivity contribution in [2.24, 2.45) is 11.8 Å². The van der Waals surface area contributed by atoms with Crippen molar-refractivity contribution in [3.05, 3.63) is 53.7 Å². The zero-order valence-corrected chi connectivity index (χ0v) is 15.9. The Hall–Kier alpha value is -1.96.